The molecule has 0 aliphatic heterocycles. The van der Waals surface area contributed by atoms with Gasteiger partial charge in [0, 0.05) is 106 Å². The van der Waals surface area contributed by atoms with Crippen molar-refractivity contribution < 1.29 is 28.4 Å². The van der Waals surface area contributed by atoms with Crippen LogP contribution in [0.5, 0.6) is 34.5 Å². The number of H-pyrrole nitrogens is 6. The summed E-state index contributed by atoms with van der Waals surface area (Å²) < 4.78 is 38.9. The van der Waals surface area contributed by atoms with Gasteiger partial charge < -0.3 is 58.3 Å². The maximum Gasteiger partial charge on any atom is 0.235 e. The molecule has 0 aliphatic carbocycles. The molecule has 4 heterocycles. The number of aromatic amines is 6. The van der Waals surface area contributed by atoms with Crippen LogP contribution in [0, 0.1) is 0 Å². The van der Waals surface area contributed by atoms with Crippen molar-refractivity contribution in [3.63, 3.8) is 0 Å². The van der Waals surface area contributed by atoms with Crippen molar-refractivity contribution in [3.8, 4) is 34.5 Å². The summed E-state index contributed by atoms with van der Waals surface area (Å²) in [6.45, 7) is 15.6. The maximum atomic E-state index is 14.2. The first-order valence-corrected chi connectivity index (χ1v) is 38.3. The lowest BCUT2D eigenvalue weighted by Gasteiger charge is -2.14. The third-order valence-corrected chi connectivity index (χ3v) is 18.1. The predicted molar refractivity (Wildman–Crippen MR) is 420 cm³/mol. The number of nitrogens with one attached hydrogen (secondary N) is 6. The Kier molecular flexibility index (Phi) is 36.0. The Hall–Kier alpha value is -9.06. The van der Waals surface area contributed by atoms with E-state index in [0.717, 1.165) is 193 Å². The van der Waals surface area contributed by atoms with Crippen molar-refractivity contribution in [3.05, 3.63) is 171 Å². The summed E-state index contributed by atoms with van der Waals surface area (Å²) in [5.74, 6) is 2.79. The quantitative estimate of drug-likeness (QED) is 0.0154. The van der Waals surface area contributed by atoms with Crippen LogP contribution in [-0.2, 0) is 0 Å². The first-order chi connectivity index (χ1) is 49.9. The third-order valence-electron chi connectivity index (χ3n) is 18.1. The molecule has 10 aromatic rings. The van der Waals surface area contributed by atoms with Gasteiger partial charge in [-0.1, -0.05) is 196 Å². The lowest BCUT2D eigenvalue weighted by Crippen LogP contribution is -2.22. The monoisotopic (exact) mass is 1400 g/mol. The van der Waals surface area contributed by atoms with Gasteiger partial charge in [0.2, 0.25) is 32.6 Å². The van der Waals surface area contributed by atoms with Crippen LogP contribution < -0.4 is 61.0 Å². The van der Waals surface area contributed by atoms with Crippen LogP contribution in [0.3, 0.4) is 0 Å². The smallest absolute Gasteiger partial charge is 0.235 e. The van der Waals surface area contributed by atoms with Crippen molar-refractivity contribution in [2.24, 2.45) is 0 Å². The number of fused-ring (bicyclic) bond motifs is 3. The summed E-state index contributed by atoms with van der Waals surface area (Å²) in [6.07, 6.45) is 39.6. The second kappa shape index (κ2) is 45.7. The minimum Gasteiger partial charge on any atom is -0.490 e. The molecule has 18 heteroatoms. The minimum atomic E-state index is -0.780. The molecule has 0 fully saturated rings. The van der Waals surface area contributed by atoms with Crippen molar-refractivity contribution in [2.45, 2.75) is 234 Å². The average Bonchev–Trinajstić information content (AvgIpc) is 0.817. The maximum absolute atomic E-state index is 14.2. The van der Waals surface area contributed by atoms with Gasteiger partial charge in [-0.05, 0) is 74.9 Å². The molecule has 0 atom stereocenters. The number of benzene rings is 6. The summed E-state index contributed by atoms with van der Waals surface area (Å²) in [5.41, 5.74) is -2.15. The molecule has 0 spiro atoms. The van der Waals surface area contributed by atoms with E-state index >= 15 is 0 Å². The highest BCUT2D eigenvalue weighted by Gasteiger charge is 2.14. The molecule has 0 aliphatic rings. The molecule has 0 radical (unpaired) electrons. The Morgan fingerprint density at radius 3 is 0.480 bits per heavy atom. The van der Waals surface area contributed by atoms with Crippen LogP contribution in [-0.4, -0.2) is 69.5 Å². The van der Waals surface area contributed by atoms with Gasteiger partial charge in [-0.25, -0.2) is 0 Å². The molecule has 0 amide bonds. The number of unbranched alkanes of at least 4 members (excludes halogenated alkanes) is 24. The van der Waals surface area contributed by atoms with Gasteiger partial charge in [-0.15, -0.1) is 0 Å². The lowest BCUT2D eigenvalue weighted by atomic mass is 10.2. The van der Waals surface area contributed by atoms with Gasteiger partial charge in [0.1, 0.15) is 0 Å². The molecule has 6 aromatic carbocycles. The Balaban J connectivity index is 1.53. The Morgan fingerprint density at radius 2 is 0.343 bits per heavy atom. The highest BCUT2D eigenvalue weighted by molar-refractivity contribution is 5.81. The van der Waals surface area contributed by atoms with Crippen LogP contribution in [0.1, 0.15) is 234 Å². The highest BCUT2D eigenvalue weighted by atomic mass is 16.5. The summed E-state index contributed by atoms with van der Waals surface area (Å²) in [4.78, 5) is 105. The normalized spacial score (nSPS) is 11.1. The first kappa shape index (κ1) is 80.3. The molecule has 6 N–H and O–H groups in total. The van der Waals surface area contributed by atoms with Gasteiger partial charge in [0.25, 0.3) is 0 Å². The zero-order chi connectivity index (χ0) is 72.5. The molecular formula is C84H114N6O12. The van der Waals surface area contributed by atoms with E-state index < -0.39 is 32.6 Å². The van der Waals surface area contributed by atoms with Crippen LogP contribution in [0.2, 0.25) is 0 Å². The van der Waals surface area contributed by atoms with Crippen LogP contribution in [0.4, 0.5) is 0 Å². The number of hydrogen-bond donors (Lipinski definition) is 6. The molecule has 18 nitrogen and oxygen atoms in total. The molecule has 0 saturated carbocycles. The van der Waals surface area contributed by atoms with Gasteiger partial charge in [-0.2, -0.15) is 0 Å². The average molecular weight is 1400 g/mol. The van der Waals surface area contributed by atoms with Crippen molar-refractivity contribution in [2.75, 3.05) is 39.6 Å². The molecule has 6 bridgehead atoms. The zero-order valence-electron chi connectivity index (χ0n) is 61.7. The van der Waals surface area contributed by atoms with Gasteiger partial charge in [0.05, 0.1) is 72.7 Å². The molecule has 102 heavy (non-hydrogen) atoms. The fraction of sp³-hybridized carbons (Fsp3) is 0.500. The number of ether oxygens (including phenoxy) is 6. The highest BCUT2D eigenvalue weighted by Crippen LogP contribution is 2.34. The van der Waals surface area contributed by atoms with Gasteiger partial charge in [-0.3, -0.25) is 28.8 Å². The molecule has 0 unspecified atom stereocenters. The Morgan fingerprint density at radius 1 is 0.206 bits per heavy atom. The number of hydrogen-bond acceptors (Lipinski definition) is 12. The molecule has 10 rings (SSSR count). The van der Waals surface area contributed by atoms with Gasteiger partial charge >= 0.3 is 0 Å². The van der Waals surface area contributed by atoms with Crippen molar-refractivity contribution in [1.29, 1.82) is 0 Å². The van der Waals surface area contributed by atoms with E-state index in [2.05, 4.69) is 71.4 Å². The van der Waals surface area contributed by atoms with E-state index in [9.17, 15) is 28.8 Å². The van der Waals surface area contributed by atoms with E-state index in [-0.39, 0.29) is 32.3 Å². The van der Waals surface area contributed by atoms with Crippen LogP contribution >= 0.6 is 0 Å². The fourth-order valence-electron chi connectivity index (χ4n) is 11.8. The van der Waals surface area contributed by atoms with E-state index in [1.54, 1.807) is 72.8 Å². The SMILES string of the molecule is CCCCCCCOc1cc2[nH]cc3ccc(c[nH]c4cc(OCCCCCCC)c(OCCCCCCC)cc4[nH]cc4ccc(c[nH]c5cc(OCCCCCCC)c(OCCCCCCC)cc5[nH]cc5ccc(c[nH]c2cc1OCCCCCCC)c(=O)c5=O)c(=O)c4=O)c(=O)c3=O. The topological polar surface area (TPSA) is 253 Å². The van der Waals surface area contributed by atoms with Crippen molar-refractivity contribution >= 4 is 65.4 Å². The zero-order valence-corrected chi connectivity index (χ0v) is 61.7. The molecular weight excluding hydrogens is 1280 g/mol. The lowest BCUT2D eigenvalue weighted by molar-refractivity contribution is 0.259. The Bertz CT molecular complexity index is 3760. The van der Waals surface area contributed by atoms with Gasteiger partial charge in [0.15, 0.2) is 34.5 Å². The molecule has 552 valence electrons. The predicted octanol–water partition coefficient (Wildman–Crippen LogP) is 19.9. The van der Waals surface area contributed by atoms with Crippen molar-refractivity contribution in [1.82, 2.24) is 29.9 Å². The largest absolute Gasteiger partial charge is 0.490 e. The van der Waals surface area contributed by atoms with E-state index in [1.165, 1.54) is 37.2 Å². The third kappa shape index (κ3) is 26.1. The Labute approximate surface area is 600 Å². The number of aromatic nitrogens is 6. The summed E-state index contributed by atoms with van der Waals surface area (Å²) in [7, 11) is 0. The number of rotatable bonds is 42. The summed E-state index contributed by atoms with van der Waals surface area (Å²) >= 11 is 0. The van der Waals surface area contributed by atoms with E-state index in [1.807, 2.05) is 0 Å². The fourth-order valence-corrected chi connectivity index (χ4v) is 11.8. The first-order valence-electron chi connectivity index (χ1n) is 38.3. The standard InChI is InChI=1S/C84H114N6O12/c1-7-13-19-25-31-43-97-73-49-67-68(50-74(73)98-44-32-26-20-14-8-2)86-56-62-39-40-64(82(94)80(62)92)58-88-71-53-77(101-47-35-29-23-17-11-5)78(102-48-36-30-24-18-12-6)54-72(71)90-60-66-42-41-65(83(95)84(66)96)59-89-70-52-76(100-46-34-28-22-16-10-4)75(99-45-33-27-21-15-9-3)51-69(70)87-57-63-38-37-61(55-85-67)79(91)81(63)93/h37-42,49-60,85-90H,7-36,43-48H2,1-6H3. The second-order valence-corrected chi connectivity index (χ2v) is 26.5. The summed E-state index contributed by atoms with van der Waals surface area (Å²) in [5, 5.41) is 0.390. The minimum absolute atomic E-state index is 0.0651. The molecule has 4 aromatic heterocycles. The van der Waals surface area contributed by atoms with Crippen LogP contribution in [0.15, 0.2) is 139 Å². The van der Waals surface area contributed by atoms with E-state index in [4.69, 9.17) is 28.4 Å². The molecule has 0 saturated heterocycles. The second-order valence-electron chi connectivity index (χ2n) is 26.5. The summed E-state index contributed by atoms with van der Waals surface area (Å²) in [6, 6.07) is 19.9. The van der Waals surface area contributed by atoms with Crippen LogP contribution in [0.25, 0.3) is 65.4 Å². The van der Waals surface area contributed by atoms with E-state index in [0.29, 0.717) is 107 Å².